The van der Waals surface area contributed by atoms with Crippen LogP contribution in [0.4, 0.5) is 0 Å². The van der Waals surface area contributed by atoms with E-state index in [-0.39, 0.29) is 6.04 Å². The Bertz CT molecular complexity index is 318. The molecule has 0 radical (unpaired) electrons. The van der Waals surface area contributed by atoms with Gasteiger partial charge in [-0.1, -0.05) is 19.8 Å². The molecule has 1 heterocycles. The van der Waals surface area contributed by atoms with Gasteiger partial charge in [0.25, 0.3) is 0 Å². The van der Waals surface area contributed by atoms with E-state index in [0.29, 0.717) is 5.92 Å². The van der Waals surface area contributed by atoms with Crippen LogP contribution in [0.15, 0.2) is 16.7 Å². The van der Waals surface area contributed by atoms with Crippen molar-refractivity contribution in [3.63, 3.8) is 0 Å². The van der Waals surface area contributed by atoms with Crippen molar-refractivity contribution in [3.05, 3.63) is 23.7 Å². The minimum atomic E-state index is 0.171. The predicted octanol–water partition coefficient (Wildman–Crippen LogP) is 3.41. The summed E-state index contributed by atoms with van der Waals surface area (Å²) in [5.41, 5.74) is 7.46. The van der Waals surface area contributed by atoms with Crippen molar-refractivity contribution in [2.24, 2.45) is 17.6 Å². The third kappa shape index (κ3) is 2.43. The molecule has 2 rings (SSSR count). The summed E-state index contributed by atoms with van der Waals surface area (Å²) in [6, 6.07) is 2.24. The van der Waals surface area contributed by atoms with Gasteiger partial charge in [0.1, 0.15) is 5.76 Å². The summed E-state index contributed by atoms with van der Waals surface area (Å²) in [5, 5.41) is 0. The average molecular weight is 207 g/mol. The van der Waals surface area contributed by atoms with Crippen LogP contribution < -0.4 is 5.73 Å². The zero-order valence-electron chi connectivity index (χ0n) is 9.70. The fourth-order valence-electron chi connectivity index (χ4n) is 2.72. The predicted molar refractivity (Wildman–Crippen MR) is 61.5 cm³/mol. The lowest BCUT2D eigenvalue weighted by Crippen LogP contribution is -2.25. The van der Waals surface area contributed by atoms with Gasteiger partial charge in [-0.25, -0.2) is 0 Å². The Kier molecular flexibility index (Phi) is 3.15. The van der Waals surface area contributed by atoms with Gasteiger partial charge in [-0.15, -0.1) is 0 Å². The highest BCUT2D eigenvalue weighted by Gasteiger charge is 2.25. The van der Waals surface area contributed by atoms with E-state index < -0.39 is 0 Å². The van der Waals surface area contributed by atoms with E-state index in [2.05, 4.69) is 13.0 Å². The van der Waals surface area contributed by atoms with Crippen LogP contribution in [0.25, 0.3) is 0 Å². The summed E-state index contributed by atoms with van der Waals surface area (Å²) in [5.74, 6) is 2.44. The van der Waals surface area contributed by atoms with Gasteiger partial charge in [-0.2, -0.15) is 0 Å². The smallest absolute Gasteiger partial charge is 0.101 e. The van der Waals surface area contributed by atoms with Crippen molar-refractivity contribution in [2.45, 2.75) is 45.6 Å². The fourth-order valence-corrected chi connectivity index (χ4v) is 2.72. The maximum Gasteiger partial charge on any atom is 0.101 e. The largest absolute Gasteiger partial charge is 0.469 e. The van der Waals surface area contributed by atoms with Gasteiger partial charge in [-0.3, -0.25) is 0 Å². The summed E-state index contributed by atoms with van der Waals surface area (Å²) in [7, 11) is 0. The first-order valence-corrected chi connectivity index (χ1v) is 5.97. The molecule has 0 aromatic carbocycles. The Balaban J connectivity index is 2.03. The molecule has 0 bridgehead atoms. The quantitative estimate of drug-likeness (QED) is 0.807. The van der Waals surface area contributed by atoms with Crippen LogP contribution in [0.1, 0.15) is 50.0 Å². The van der Waals surface area contributed by atoms with E-state index in [1.54, 1.807) is 0 Å². The molecule has 2 N–H and O–H groups in total. The summed E-state index contributed by atoms with van der Waals surface area (Å²) in [4.78, 5) is 0. The van der Waals surface area contributed by atoms with E-state index >= 15 is 0 Å². The lowest BCUT2D eigenvalue weighted by Gasteiger charge is -2.30. The Hall–Kier alpha value is -0.760. The highest BCUT2D eigenvalue weighted by molar-refractivity contribution is 5.17. The standard InChI is InChI=1S/C13H21NO/c1-9-4-3-5-11(6-9)13(14)12-7-10(2)15-8-12/h7-9,11,13H,3-6,14H2,1-2H3. The molecule has 15 heavy (non-hydrogen) atoms. The fraction of sp³-hybridized carbons (Fsp3) is 0.692. The molecule has 1 fully saturated rings. The van der Waals surface area contributed by atoms with Crippen LogP contribution in [0.2, 0.25) is 0 Å². The van der Waals surface area contributed by atoms with Crippen LogP contribution in [-0.4, -0.2) is 0 Å². The molecular formula is C13H21NO. The van der Waals surface area contributed by atoms with Gasteiger partial charge in [0, 0.05) is 11.6 Å². The average Bonchev–Trinajstić information content (AvgIpc) is 2.64. The molecule has 1 saturated carbocycles. The van der Waals surface area contributed by atoms with Crippen molar-refractivity contribution in [2.75, 3.05) is 0 Å². The third-order valence-electron chi connectivity index (χ3n) is 3.62. The third-order valence-corrected chi connectivity index (χ3v) is 3.62. The normalized spacial score (nSPS) is 29.0. The first-order valence-electron chi connectivity index (χ1n) is 5.97. The molecule has 0 saturated heterocycles. The summed E-state index contributed by atoms with van der Waals surface area (Å²) in [6.45, 7) is 4.30. The molecule has 0 aliphatic heterocycles. The number of hydrogen-bond donors (Lipinski definition) is 1. The van der Waals surface area contributed by atoms with Crippen molar-refractivity contribution < 1.29 is 4.42 Å². The minimum absolute atomic E-state index is 0.171. The molecule has 2 nitrogen and oxygen atoms in total. The lowest BCUT2D eigenvalue weighted by atomic mass is 9.77. The van der Waals surface area contributed by atoms with E-state index in [1.165, 1.54) is 31.2 Å². The Morgan fingerprint density at radius 1 is 1.47 bits per heavy atom. The van der Waals surface area contributed by atoms with Crippen molar-refractivity contribution >= 4 is 0 Å². The number of aryl methyl sites for hydroxylation is 1. The highest BCUT2D eigenvalue weighted by Crippen LogP contribution is 2.36. The Morgan fingerprint density at radius 2 is 2.27 bits per heavy atom. The second kappa shape index (κ2) is 4.40. The second-order valence-corrected chi connectivity index (χ2v) is 5.05. The SMILES string of the molecule is Cc1cc(C(N)C2CCCC(C)C2)co1. The maximum atomic E-state index is 6.29. The van der Waals surface area contributed by atoms with E-state index in [0.717, 1.165) is 11.7 Å². The summed E-state index contributed by atoms with van der Waals surface area (Å²) >= 11 is 0. The van der Waals surface area contributed by atoms with Gasteiger partial charge >= 0.3 is 0 Å². The van der Waals surface area contributed by atoms with Gasteiger partial charge in [0.2, 0.25) is 0 Å². The minimum Gasteiger partial charge on any atom is -0.469 e. The van der Waals surface area contributed by atoms with Crippen LogP contribution >= 0.6 is 0 Å². The number of rotatable bonds is 2. The molecule has 3 unspecified atom stereocenters. The van der Waals surface area contributed by atoms with Gasteiger partial charge in [0.05, 0.1) is 6.26 Å². The molecular weight excluding hydrogens is 186 g/mol. The number of hydrogen-bond acceptors (Lipinski definition) is 2. The summed E-state index contributed by atoms with van der Waals surface area (Å²) in [6.07, 6.45) is 7.06. The molecule has 2 heteroatoms. The van der Waals surface area contributed by atoms with Crippen LogP contribution in [0.3, 0.4) is 0 Å². The number of nitrogens with two attached hydrogens (primary N) is 1. The zero-order valence-corrected chi connectivity index (χ0v) is 9.70. The molecule has 84 valence electrons. The lowest BCUT2D eigenvalue weighted by molar-refractivity contribution is 0.247. The molecule has 3 atom stereocenters. The molecule has 0 spiro atoms. The molecule has 1 aliphatic rings. The second-order valence-electron chi connectivity index (χ2n) is 5.05. The highest BCUT2D eigenvalue weighted by atomic mass is 16.3. The zero-order chi connectivity index (χ0) is 10.8. The van der Waals surface area contributed by atoms with Crippen molar-refractivity contribution in [3.8, 4) is 0 Å². The van der Waals surface area contributed by atoms with Gasteiger partial charge in [0.15, 0.2) is 0 Å². The first-order chi connectivity index (χ1) is 7.16. The van der Waals surface area contributed by atoms with E-state index in [4.69, 9.17) is 10.2 Å². The van der Waals surface area contributed by atoms with Gasteiger partial charge in [-0.05, 0) is 37.7 Å². The first kappa shape index (κ1) is 10.7. The molecule has 1 aliphatic carbocycles. The number of furan rings is 1. The van der Waals surface area contributed by atoms with Gasteiger partial charge < -0.3 is 10.2 Å². The van der Waals surface area contributed by atoms with E-state index in [1.807, 2.05) is 13.2 Å². The van der Waals surface area contributed by atoms with Crippen molar-refractivity contribution in [1.29, 1.82) is 0 Å². The topological polar surface area (TPSA) is 39.2 Å². The Labute approximate surface area is 91.8 Å². The Morgan fingerprint density at radius 3 is 2.87 bits per heavy atom. The van der Waals surface area contributed by atoms with Crippen LogP contribution in [-0.2, 0) is 0 Å². The van der Waals surface area contributed by atoms with E-state index in [9.17, 15) is 0 Å². The summed E-state index contributed by atoms with van der Waals surface area (Å²) < 4.78 is 5.32. The molecule has 1 aromatic rings. The van der Waals surface area contributed by atoms with Crippen molar-refractivity contribution in [1.82, 2.24) is 0 Å². The monoisotopic (exact) mass is 207 g/mol. The molecule has 0 amide bonds. The van der Waals surface area contributed by atoms with Crippen LogP contribution in [0, 0.1) is 18.8 Å². The maximum absolute atomic E-state index is 6.29. The van der Waals surface area contributed by atoms with Crippen LogP contribution in [0.5, 0.6) is 0 Å². The molecule has 1 aromatic heterocycles.